The predicted molar refractivity (Wildman–Crippen MR) is 82.3 cm³/mol. The predicted octanol–water partition coefficient (Wildman–Crippen LogP) is 2.53. The molecule has 0 radical (unpaired) electrons. The number of nitro benzene ring substituents is 1. The van der Waals surface area contributed by atoms with Crippen molar-refractivity contribution in [1.29, 1.82) is 5.26 Å². The number of nitrogens with zero attached hydrogens (tertiary/aromatic N) is 2. The second-order valence-electron chi connectivity index (χ2n) is 4.71. The van der Waals surface area contributed by atoms with Crippen LogP contribution in [0.15, 0.2) is 35.2 Å². The molecule has 8 heteroatoms. The Morgan fingerprint density at radius 2 is 1.83 bits per heavy atom. The van der Waals surface area contributed by atoms with Crippen molar-refractivity contribution < 1.29 is 14.5 Å². The second kappa shape index (κ2) is 5.23. The number of carbonyl (C=O) groups is 2. The third-order valence-corrected chi connectivity index (χ3v) is 4.17. The molecule has 23 heavy (non-hydrogen) atoms. The average molecular weight is 325 g/mol. The molecule has 0 heterocycles. The molecule has 2 aromatic carbocycles. The molecule has 0 bridgehead atoms. The van der Waals surface area contributed by atoms with E-state index in [4.69, 9.17) is 11.0 Å². The molecule has 0 spiro atoms. The first-order valence-electron chi connectivity index (χ1n) is 6.32. The van der Waals surface area contributed by atoms with Gasteiger partial charge in [0.05, 0.1) is 16.1 Å². The van der Waals surface area contributed by atoms with Crippen molar-refractivity contribution in [2.24, 2.45) is 0 Å². The first kappa shape index (κ1) is 14.7. The zero-order chi connectivity index (χ0) is 16.7. The van der Waals surface area contributed by atoms with Gasteiger partial charge in [-0.2, -0.15) is 5.26 Å². The molecule has 0 saturated carbocycles. The number of nitrogens with two attached hydrogens (primary N) is 1. The summed E-state index contributed by atoms with van der Waals surface area (Å²) in [5.74, 6) is -1.23. The van der Waals surface area contributed by atoms with Crippen molar-refractivity contribution in [3.05, 3.63) is 62.7 Å². The summed E-state index contributed by atoms with van der Waals surface area (Å²) in [6, 6.07) is 6.75. The fraction of sp³-hybridized carbons (Fsp3) is 0. The van der Waals surface area contributed by atoms with E-state index in [0.29, 0.717) is 11.8 Å². The molecule has 0 atom stereocenters. The van der Waals surface area contributed by atoms with Gasteiger partial charge in [0.15, 0.2) is 5.78 Å². The van der Waals surface area contributed by atoms with Crippen LogP contribution in [-0.2, 0) is 0 Å². The number of rotatable bonds is 2. The van der Waals surface area contributed by atoms with E-state index in [1.165, 1.54) is 30.3 Å². The lowest BCUT2D eigenvalue weighted by Gasteiger charge is -2.20. The number of hydrogen-bond acceptors (Lipinski definition) is 7. The highest BCUT2D eigenvalue weighted by molar-refractivity contribution is 8.03. The molecule has 112 valence electrons. The Morgan fingerprint density at radius 1 is 1.09 bits per heavy atom. The Kier molecular flexibility index (Phi) is 3.35. The van der Waals surface area contributed by atoms with Crippen LogP contribution in [0.25, 0.3) is 0 Å². The third kappa shape index (κ3) is 2.06. The van der Waals surface area contributed by atoms with E-state index in [2.05, 4.69) is 0 Å². The number of ketones is 2. The molecule has 2 aromatic rings. The smallest absolute Gasteiger partial charge is 0.281 e. The van der Waals surface area contributed by atoms with Crippen molar-refractivity contribution >= 4 is 34.7 Å². The Hall–Kier alpha value is -3.18. The van der Waals surface area contributed by atoms with Gasteiger partial charge in [-0.3, -0.25) is 19.7 Å². The van der Waals surface area contributed by atoms with Gasteiger partial charge in [-0.25, -0.2) is 0 Å². The first-order chi connectivity index (χ1) is 11.0. The lowest BCUT2D eigenvalue weighted by molar-refractivity contribution is -0.385. The van der Waals surface area contributed by atoms with Crippen LogP contribution in [0.4, 0.5) is 11.4 Å². The maximum atomic E-state index is 12.8. The number of nitriles is 1. The van der Waals surface area contributed by atoms with Gasteiger partial charge < -0.3 is 5.73 Å². The standard InChI is InChI=1S/C15H7N3O4S/c16-6-23-10-5-4-8(17)12-13(10)15(20)11-7(14(12)19)2-1-3-9(11)18(21)22/h1-5H,17H2. The number of carbonyl (C=O) groups excluding carboxylic acids is 2. The summed E-state index contributed by atoms with van der Waals surface area (Å²) >= 11 is 0.700. The van der Waals surface area contributed by atoms with Crippen LogP contribution in [0.3, 0.4) is 0 Å². The largest absolute Gasteiger partial charge is 0.398 e. The van der Waals surface area contributed by atoms with Crippen LogP contribution in [0, 0.1) is 20.8 Å². The first-order valence-corrected chi connectivity index (χ1v) is 7.14. The number of anilines is 1. The maximum Gasteiger partial charge on any atom is 0.281 e. The maximum absolute atomic E-state index is 12.8. The zero-order valence-corrected chi connectivity index (χ0v) is 12.2. The van der Waals surface area contributed by atoms with Gasteiger partial charge in [0.2, 0.25) is 5.78 Å². The van der Waals surface area contributed by atoms with Gasteiger partial charge in [-0.05, 0) is 30.0 Å². The minimum absolute atomic E-state index is 0.0109. The fourth-order valence-electron chi connectivity index (χ4n) is 2.58. The molecule has 3 rings (SSSR count). The topological polar surface area (TPSA) is 127 Å². The van der Waals surface area contributed by atoms with Crippen LogP contribution in [0.2, 0.25) is 0 Å². The second-order valence-corrected chi connectivity index (χ2v) is 5.54. The molecule has 1 aliphatic carbocycles. The van der Waals surface area contributed by atoms with Crippen LogP contribution in [0.1, 0.15) is 31.8 Å². The Morgan fingerprint density at radius 3 is 2.48 bits per heavy atom. The Bertz CT molecular complexity index is 946. The van der Waals surface area contributed by atoms with Crippen LogP contribution >= 0.6 is 11.8 Å². The number of hydrogen-bond donors (Lipinski definition) is 1. The van der Waals surface area contributed by atoms with Gasteiger partial charge in [0.25, 0.3) is 5.69 Å². The Balaban J connectivity index is 2.39. The SMILES string of the molecule is N#CSc1ccc(N)c2c1C(=O)c1c(cccc1[N+](=O)[O-])C2=O. The van der Waals surface area contributed by atoms with Crippen molar-refractivity contribution in [2.45, 2.75) is 4.90 Å². The minimum atomic E-state index is -0.710. The van der Waals surface area contributed by atoms with E-state index >= 15 is 0 Å². The van der Waals surface area contributed by atoms with E-state index in [1.807, 2.05) is 5.40 Å². The lowest BCUT2D eigenvalue weighted by Crippen LogP contribution is -2.24. The molecule has 0 aromatic heterocycles. The zero-order valence-electron chi connectivity index (χ0n) is 11.4. The number of benzene rings is 2. The van der Waals surface area contributed by atoms with Crippen LogP contribution in [-0.4, -0.2) is 16.5 Å². The monoisotopic (exact) mass is 325 g/mol. The highest BCUT2D eigenvalue weighted by Gasteiger charge is 2.38. The molecule has 0 fully saturated rings. The summed E-state index contributed by atoms with van der Waals surface area (Å²) in [7, 11) is 0. The summed E-state index contributed by atoms with van der Waals surface area (Å²) in [6.07, 6.45) is 0. The van der Waals surface area contributed by atoms with Crippen LogP contribution < -0.4 is 5.73 Å². The number of nitro groups is 1. The molecule has 7 nitrogen and oxygen atoms in total. The Labute approximate surface area is 133 Å². The van der Waals surface area contributed by atoms with E-state index in [9.17, 15) is 19.7 Å². The van der Waals surface area contributed by atoms with Gasteiger partial charge in [0.1, 0.15) is 11.0 Å². The molecule has 2 N–H and O–H groups in total. The summed E-state index contributed by atoms with van der Waals surface area (Å²) < 4.78 is 0. The molecule has 0 amide bonds. The van der Waals surface area contributed by atoms with E-state index < -0.39 is 22.2 Å². The summed E-state index contributed by atoms with van der Waals surface area (Å²) in [6.45, 7) is 0. The third-order valence-electron chi connectivity index (χ3n) is 3.52. The normalized spacial score (nSPS) is 12.3. The molecular weight excluding hydrogens is 318 g/mol. The molecule has 1 aliphatic rings. The van der Waals surface area contributed by atoms with E-state index in [1.54, 1.807) is 0 Å². The van der Waals surface area contributed by atoms with E-state index in [-0.39, 0.29) is 32.8 Å². The summed E-state index contributed by atoms with van der Waals surface area (Å²) in [4.78, 5) is 36.2. The quantitative estimate of drug-likeness (QED) is 0.252. The molecule has 0 saturated heterocycles. The number of nitrogen functional groups attached to an aromatic ring is 1. The van der Waals surface area contributed by atoms with Crippen LogP contribution in [0.5, 0.6) is 0 Å². The number of thiocyanates is 1. The van der Waals surface area contributed by atoms with Gasteiger partial charge in [-0.15, -0.1) is 0 Å². The minimum Gasteiger partial charge on any atom is -0.398 e. The fourth-order valence-corrected chi connectivity index (χ4v) is 3.11. The summed E-state index contributed by atoms with van der Waals surface area (Å²) in [5.41, 5.74) is 5.09. The number of thioether (sulfide) groups is 1. The van der Waals surface area contributed by atoms with Crippen molar-refractivity contribution in [1.82, 2.24) is 0 Å². The highest BCUT2D eigenvalue weighted by Crippen LogP contribution is 2.39. The van der Waals surface area contributed by atoms with Crippen molar-refractivity contribution in [3.8, 4) is 5.40 Å². The summed E-state index contributed by atoms with van der Waals surface area (Å²) in [5, 5.41) is 21.9. The molecule has 0 unspecified atom stereocenters. The van der Waals surface area contributed by atoms with E-state index in [0.717, 1.165) is 0 Å². The van der Waals surface area contributed by atoms with Gasteiger partial charge >= 0.3 is 0 Å². The van der Waals surface area contributed by atoms with Crippen molar-refractivity contribution in [2.75, 3.05) is 5.73 Å². The van der Waals surface area contributed by atoms with Gasteiger partial charge in [-0.1, -0.05) is 6.07 Å². The van der Waals surface area contributed by atoms with Gasteiger partial charge in [0, 0.05) is 22.2 Å². The molecular formula is C15H7N3O4S. The molecule has 0 aliphatic heterocycles. The highest BCUT2D eigenvalue weighted by atomic mass is 32.2. The lowest BCUT2D eigenvalue weighted by atomic mass is 9.82. The number of fused-ring (bicyclic) bond motifs is 2. The van der Waals surface area contributed by atoms with Crippen molar-refractivity contribution in [3.63, 3.8) is 0 Å². The average Bonchev–Trinajstić information content (AvgIpc) is 2.53.